The summed E-state index contributed by atoms with van der Waals surface area (Å²) in [5, 5.41) is 13.4. The number of carbonyl (C=O) groups is 1. The fourth-order valence-electron chi connectivity index (χ4n) is 3.28. The van der Waals surface area contributed by atoms with Gasteiger partial charge in [-0.05, 0) is 31.9 Å². The molecule has 0 aromatic carbocycles. The maximum atomic E-state index is 12.4. The van der Waals surface area contributed by atoms with E-state index in [2.05, 4.69) is 15.2 Å². The lowest BCUT2D eigenvalue weighted by molar-refractivity contribution is -0.142. The molecule has 0 saturated carbocycles. The maximum absolute atomic E-state index is 12.4. The molecular formula is C18H28N4O4. The van der Waals surface area contributed by atoms with Crippen LogP contribution in [-0.2, 0) is 9.53 Å². The van der Waals surface area contributed by atoms with Gasteiger partial charge < -0.3 is 29.4 Å². The molecule has 0 radical (unpaired) electrons. The number of carbonyl (C=O) groups excluding carboxylic acids is 1. The van der Waals surface area contributed by atoms with Crippen molar-refractivity contribution in [2.24, 2.45) is 4.99 Å². The van der Waals surface area contributed by atoms with E-state index in [1.54, 1.807) is 12.1 Å². The van der Waals surface area contributed by atoms with Gasteiger partial charge in [0.25, 0.3) is 5.91 Å². The Hall–Kier alpha value is -2.06. The molecule has 8 heteroatoms. The predicted molar refractivity (Wildman–Crippen MR) is 96.8 cm³/mol. The largest absolute Gasteiger partial charge is 0.467 e. The van der Waals surface area contributed by atoms with E-state index in [1.165, 1.54) is 6.26 Å². The zero-order valence-electron chi connectivity index (χ0n) is 15.3. The molecule has 2 atom stereocenters. The number of aliphatic imine (C=N–C) groups is 1. The Morgan fingerprint density at radius 2 is 2.15 bits per heavy atom. The van der Waals surface area contributed by atoms with Crippen LogP contribution in [0.5, 0.6) is 0 Å². The number of aliphatic hydroxyl groups is 1. The molecule has 2 aliphatic heterocycles. The number of hydrogen-bond donors (Lipinski definition) is 2. The van der Waals surface area contributed by atoms with Gasteiger partial charge in [0, 0.05) is 39.3 Å². The van der Waals surface area contributed by atoms with Gasteiger partial charge in [-0.25, -0.2) is 4.99 Å². The zero-order valence-corrected chi connectivity index (χ0v) is 15.3. The van der Waals surface area contributed by atoms with Crippen molar-refractivity contribution in [2.75, 3.05) is 45.9 Å². The van der Waals surface area contributed by atoms with Gasteiger partial charge in [-0.15, -0.1) is 0 Å². The summed E-state index contributed by atoms with van der Waals surface area (Å²) < 4.78 is 10.7. The molecule has 3 rings (SSSR count). The number of aliphatic hydroxyl groups excluding tert-OH is 1. The zero-order chi connectivity index (χ0) is 18.4. The van der Waals surface area contributed by atoms with Gasteiger partial charge in [0.15, 0.2) is 5.96 Å². The molecule has 2 fully saturated rings. The summed E-state index contributed by atoms with van der Waals surface area (Å²) in [5.41, 5.74) is 0. The number of hydrogen-bond acceptors (Lipinski definition) is 5. The third-order valence-corrected chi connectivity index (χ3v) is 4.72. The van der Waals surface area contributed by atoms with Crippen LogP contribution in [0.2, 0.25) is 0 Å². The third-order valence-electron chi connectivity index (χ3n) is 4.72. The van der Waals surface area contributed by atoms with Crippen LogP contribution in [0.3, 0.4) is 0 Å². The number of guanidine groups is 1. The van der Waals surface area contributed by atoms with Gasteiger partial charge in [-0.3, -0.25) is 4.79 Å². The molecule has 3 heterocycles. The van der Waals surface area contributed by atoms with E-state index < -0.39 is 6.10 Å². The molecule has 1 aromatic heterocycles. The minimum atomic E-state index is -0.763. The highest BCUT2D eigenvalue weighted by atomic mass is 16.5. The molecule has 2 aliphatic rings. The first kappa shape index (κ1) is 18.7. The highest BCUT2D eigenvalue weighted by molar-refractivity contribution is 5.82. The van der Waals surface area contributed by atoms with Gasteiger partial charge >= 0.3 is 0 Å². The predicted octanol–water partition coefficient (Wildman–Crippen LogP) is 0.602. The van der Waals surface area contributed by atoms with E-state index in [9.17, 15) is 9.90 Å². The monoisotopic (exact) mass is 364 g/mol. The second-order valence-electron chi connectivity index (χ2n) is 6.54. The summed E-state index contributed by atoms with van der Waals surface area (Å²) in [4.78, 5) is 21.0. The maximum Gasteiger partial charge on any atom is 0.251 e. The number of piperazine rings is 1. The molecular weight excluding hydrogens is 336 g/mol. The highest BCUT2D eigenvalue weighted by Crippen LogP contribution is 2.16. The van der Waals surface area contributed by atoms with Crippen LogP contribution in [0.25, 0.3) is 0 Å². The van der Waals surface area contributed by atoms with Crippen molar-refractivity contribution in [1.82, 2.24) is 15.1 Å². The lowest BCUT2D eigenvalue weighted by Crippen LogP contribution is -2.55. The molecule has 26 heavy (non-hydrogen) atoms. The summed E-state index contributed by atoms with van der Waals surface area (Å²) in [7, 11) is 0. The minimum Gasteiger partial charge on any atom is -0.467 e. The van der Waals surface area contributed by atoms with Crippen LogP contribution in [0.4, 0.5) is 0 Å². The summed E-state index contributed by atoms with van der Waals surface area (Å²) >= 11 is 0. The number of amides is 1. The van der Waals surface area contributed by atoms with E-state index in [-0.39, 0.29) is 18.6 Å². The lowest BCUT2D eigenvalue weighted by atomic mass is 10.2. The summed E-state index contributed by atoms with van der Waals surface area (Å²) in [6, 6.07) is 3.49. The second kappa shape index (κ2) is 9.05. The van der Waals surface area contributed by atoms with Crippen molar-refractivity contribution in [1.29, 1.82) is 0 Å². The Morgan fingerprint density at radius 1 is 1.38 bits per heavy atom. The smallest absolute Gasteiger partial charge is 0.251 e. The average molecular weight is 364 g/mol. The van der Waals surface area contributed by atoms with Gasteiger partial charge in [-0.1, -0.05) is 0 Å². The first-order valence-electron chi connectivity index (χ1n) is 9.34. The van der Waals surface area contributed by atoms with Crippen molar-refractivity contribution in [3.8, 4) is 0 Å². The van der Waals surface area contributed by atoms with Crippen molar-refractivity contribution in [3.63, 3.8) is 0 Å². The van der Waals surface area contributed by atoms with Crippen molar-refractivity contribution in [2.45, 2.75) is 32.0 Å². The molecule has 8 nitrogen and oxygen atoms in total. The molecule has 2 N–H and O–H groups in total. The van der Waals surface area contributed by atoms with Crippen molar-refractivity contribution < 1.29 is 19.1 Å². The molecule has 1 amide bonds. The molecule has 0 aliphatic carbocycles. The second-order valence-corrected chi connectivity index (χ2v) is 6.54. The third kappa shape index (κ3) is 4.56. The van der Waals surface area contributed by atoms with E-state index in [4.69, 9.17) is 9.15 Å². The van der Waals surface area contributed by atoms with E-state index in [0.29, 0.717) is 38.5 Å². The topological polar surface area (TPSA) is 90.5 Å². The summed E-state index contributed by atoms with van der Waals surface area (Å²) in [6.07, 6.45) is 2.31. The van der Waals surface area contributed by atoms with Crippen LogP contribution in [-0.4, -0.2) is 78.8 Å². The van der Waals surface area contributed by atoms with Gasteiger partial charge in [-0.2, -0.15) is 0 Å². The number of nitrogens with zero attached hydrogens (tertiary/aromatic N) is 3. The minimum absolute atomic E-state index is 0.109. The standard InChI is InChI=1S/C18H28N4O4/c1-2-19-18(20-13-14(23)15-5-3-11-25-15)22-9-7-21(8-10-22)17(24)16-6-4-12-26-16/h3,5,11,14,16,23H,2,4,6-10,12-13H2,1H3,(H,19,20). The Morgan fingerprint density at radius 3 is 2.77 bits per heavy atom. The Bertz CT molecular complexity index is 590. The normalized spacial score (nSPS) is 22.5. The summed E-state index contributed by atoms with van der Waals surface area (Å²) in [6.45, 7) is 6.40. The van der Waals surface area contributed by atoms with E-state index >= 15 is 0 Å². The Balaban J connectivity index is 1.54. The molecule has 2 unspecified atom stereocenters. The molecule has 0 bridgehead atoms. The van der Waals surface area contributed by atoms with Crippen LogP contribution < -0.4 is 5.32 Å². The van der Waals surface area contributed by atoms with Gasteiger partial charge in [0.2, 0.25) is 0 Å². The SMILES string of the molecule is CCNC(=NCC(O)c1ccco1)N1CCN(C(=O)C2CCCO2)CC1. The Labute approximate surface area is 153 Å². The van der Waals surface area contributed by atoms with Crippen LogP contribution >= 0.6 is 0 Å². The average Bonchev–Trinajstić information content (AvgIpc) is 3.38. The van der Waals surface area contributed by atoms with Crippen LogP contribution in [0, 0.1) is 0 Å². The Kier molecular flexibility index (Phi) is 6.51. The molecule has 144 valence electrons. The highest BCUT2D eigenvalue weighted by Gasteiger charge is 2.30. The van der Waals surface area contributed by atoms with Crippen molar-refractivity contribution >= 4 is 11.9 Å². The van der Waals surface area contributed by atoms with Crippen LogP contribution in [0.1, 0.15) is 31.6 Å². The van der Waals surface area contributed by atoms with Crippen LogP contribution in [0.15, 0.2) is 27.8 Å². The lowest BCUT2D eigenvalue weighted by Gasteiger charge is -2.37. The molecule has 2 saturated heterocycles. The van der Waals surface area contributed by atoms with E-state index in [1.807, 2.05) is 11.8 Å². The number of furan rings is 1. The number of rotatable bonds is 5. The number of ether oxygens (including phenoxy) is 1. The molecule has 0 spiro atoms. The van der Waals surface area contributed by atoms with Gasteiger partial charge in [0.05, 0.1) is 12.8 Å². The number of nitrogens with one attached hydrogen (secondary N) is 1. The van der Waals surface area contributed by atoms with Gasteiger partial charge in [0.1, 0.15) is 18.0 Å². The first-order chi connectivity index (χ1) is 12.7. The fraction of sp³-hybridized carbons (Fsp3) is 0.667. The first-order valence-corrected chi connectivity index (χ1v) is 9.34. The van der Waals surface area contributed by atoms with Crippen molar-refractivity contribution in [3.05, 3.63) is 24.2 Å². The fourth-order valence-corrected chi connectivity index (χ4v) is 3.28. The summed E-state index contributed by atoms with van der Waals surface area (Å²) in [5.74, 6) is 1.37. The van der Waals surface area contributed by atoms with E-state index in [0.717, 1.165) is 25.3 Å². The quantitative estimate of drug-likeness (QED) is 0.587. The molecule has 1 aromatic rings.